The molecule has 1 aliphatic rings. The molecular weight excluding hydrogens is 431 g/mol. The molecule has 0 saturated heterocycles. The van der Waals surface area contributed by atoms with Crippen molar-refractivity contribution >= 4 is 43.2 Å². The van der Waals surface area contributed by atoms with Gasteiger partial charge in [-0.3, -0.25) is 0 Å². The molecule has 1 aliphatic carbocycles. The Morgan fingerprint density at radius 1 is 0.636 bits per heavy atom. The summed E-state index contributed by atoms with van der Waals surface area (Å²) in [6, 6.07) is 38.6. The van der Waals surface area contributed by atoms with Crippen LogP contribution in [0.15, 0.2) is 109 Å². The second-order valence-electron chi connectivity index (χ2n) is 9.98. The molecule has 4 aromatic carbocycles. The molecule has 0 spiro atoms. The second kappa shape index (κ2) is 8.90. The first-order chi connectivity index (χ1) is 15.9. The molecule has 0 fully saturated rings. The van der Waals surface area contributed by atoms with Gasteiger partial charge in [0.1, 0.15) is 0 Å². The lowest BCUT2D eigenvalue weighted by molar-refractivity contribution is 0.986. The van der Waals surface area contributed by atoms with Gasteiger partial charge in [-0.15, -0.1) is 0 Å². The molecule has 1 unspecified atom stereocenters. The van der Waals surface area contributed by atoms with Gasteiger partial charge in [-0.2, -0.15) is 0 Å². The minimum Gasteiger partial charge on any atom is -0.0656 e. The fourth-order valence-corrected chi connectivity index (χ4v) is 8.73. The van der Waals surface area contributed by atoms with E-state index in [2.05, 4.69) is 136 Å². The first-order valence-corrected chi connectivity index (χ1v) is 16.6. The number of hydrogen-bond acceptors (Lipinski definition) is 0. The molecular formula is C31H31PSi. The third-order valence-electron chi connectivity index (χ3n) is 6.62. The van der Waals surface area contributed by atoms with Gasteiger partial charge in [-0.25, -0.2) is 0 Å². The quantitative estimate of drug-likeness (QED) is 0.233. The summed E-state index contributed by atoms with van der Waals surface area (Å²) in [5, 5.41) is 5.88. The van der Waals surface area contributed by atoms with Crippen LogP contribution in [-0.4, -0.2) is 8.07 Å². The SMILES string of the molecule is CC1=Cc2ccccc2C1c1ccc([Si](C)(C)C)cc1P(c1ccccc1)c1ccccc1. The summed E-state index contributed by atoms with van der Waals surface area (Å²) in [5.41, 5.74) is 5.71. The minimum atomic E-state index is -1.47. The lowest BCUT2D eigenvalue weighted by atomic mass is 9.89. The fraction of sp³-hybridized carbons (Fsp3) is 0.161. The maximum Gasteiger partial charge on any atom is 0.0776 e. The standard InChI is InChI=1S/C31H31PSi/c1-23-21-24-13-11-12-18-28(24)31(23)29-20-19-27(33(2,3)4)22-30(29)32(25-14-7-5-8-15-25)26-16-9-6-10-17-26/h5-22,31H,1-4H3. The van der Waals surface area contributed by atoms with Gasteiger partial charge in [0.05, 0.1) is 8.07 Å². The topological polar surface area (TPSA) is 0 Å². The first-order valence-electron chi connectivity index (χ1n) is 11.8. The summed E-state index contributed by atoms with van der Waals surface area (Å²) < 4.78 is 0. The van der Waals surface area contributed by atoms with Crippen molar-refractivity contribution in [3.8, 4) is 0 Å². The van der Waals surface area contributed by atoms with Crippen molar-refractivity contribution < 1.29 is 0 Å². The Morgan fingerprint density at radius 2 is 1.21 bits per heavy atom. The third kappa shape index (κ3) is 4.28. The predicted molar refractivity (Wildman–Crippen MR) is 150 cm³/mol. The molecule has 0 aromatic heterocycles. The van der Waals surface area contributed by atoms with E-state index in [1.807, 2.05) is 0 Å². The van der Waals surface area contributed by atoms with Gasteiger partial charge >= 0.3 is 0 Å². The maximum atomic E-state index is 2.57. The molecule has 1 atom stereocenters. The van der Waals surface area contributed by atoms with Gasteiger partial charge in [0.2, 0.25) is 0 Å². The first kappa shape index (κ1) is 22.1. The summed E-state index contributed by atoms with van der Waals surface area (Å²) in [4.78, 5) is 0. The van der Waals surface area contributed by atoms with Gasteiger partial charge in [-0.05, 0) is 47.4 Å². The van der Waals surface area contributed by atoms with Crippen molar-refractivity contribution in [3.05, 3.63) is 125 Å². The van der Waals surface area contributed by atoms with Crippen LogP contribution < -0.4 is 21.1 Å². The highest BCUT2D eigenvalue weighted by atomic mass is 31.1. The fourth-order valence-electron chi connectivity index (χ4n) is 4.92. The molecule has 5 rings (SSSR count). The van der Waals surface area contributed by atoms with Crippen molar-refractivity contribution in [1.29, 1.82) is 0 Å². The molecule has 0 nitrogen and oxygen atoms in total. The van der Waals surface area contributed by atoms with Gasteiger partial charge in [0, 0.05) is 5.92 Å². The van der Waals surface area contributed by atoms with Crippen molar-refractivity contribution in [3.63, 3.8) is 0 Å². The van der Waals surface area contributed by atoms with Gasteiger partial charge in [0.25, 0.3) is 0 Å². The van der Waals surface area contributed by atoms with Crippen LogP contribution in [0.3, 0.4) is 0 Å². The summed E-state index contributed by atoms with van der Waals surface area (Å²) in [7, 11) is -2.13. The number of hydrogen-bond donors (Lipinski definition) is 0. The van der Waals surface area contributed by atoms with Crippen molar-refractivity contribution in [1.82, 2.24) is 0 Å². The van der Waals surface area contributed by atoms with Crippen molar-refractivity contribution in [2.75, 3.05) is 0 Å². The molecule has 0 aliphatic heterocycles. The Balaban J connectivity index is 1.78. The molecule has 0 N–H and O–H groups in total. The van der Waals surface area contributed by atoms with Crippen LogP contribution in [0.1, 0.15) is 29.5 Å². The van der Waals surface area contributed by atoms with Crippen LogP contribution in [0.4, 0.5) is 0 Å². The Hall–Kier alpha value is -2.73. The summed E-state index contributed by atoms with van der Waals surface area (Å²) in [6.07, 6.45) is 2.38. The average molecular weight is 463 g/mol. The lowest BCUT2D eigenvalue weighted by Gasteiger charge is -2.28. The Bertz CT molecular complexity index is 1260. The van der Waals surface area contributed by atoms with Gasteiger partial charge in [-0.1, -0.05) is 140 Å². The lowest BCUT2D eigenvalue weighted by Crippen LogP contribution is -2.40. The molecule has 33 heavy (non-hydrogen) atoms. The maximum absolute atomic E-state index is 2.57. The zero-order valence-corrected chi connectivity index (χ0v) is 21.8. The Kier molecular flexibility index (Phi) is 5.95. The Labute approximate surface area is 200 Å². The van der Waals surface area contributed by atoms with E-state index in [1.54, 1.807) is 0 Å². The number of benzene rings is 4. The monoisotopic (exact) mass is 462 g/mol. The average Bonchev–Trinajstić information content (AvgIpc) is 3.15. The predicted octanol–water partition coefficient (Wildman–Crippen LogP) is 6.54. The summed E-state index contributed by atoms with van der Waals surface area (Å²) in [6.45, 7) is 9.66. The van der Waals surface area contributed by atoms with Crippen LogP contribution in [0, 0.1) is 0 Å². The molecule has 0 bridgehead atoms. The van der Waals surface area contributed by atoms with E-state index in [0.29, 0.717) is 5.92 Å². The van der Waals surface area contributed by atoms with E-state index in [9.17, 15) is 0 Å². The molecule has 0 radical (unpaired) electrons. The zero-order chi connectivity index (χ0) is 23.0. The molecule has 164 valence electrons. The Morgan fingerprint density at radius 3 is 1.82 bits per heavy atom. The summed E-state index contributed by atoms with van der Waals surface area (Å²) in [5.74, 6) is 0.323. The van der Waals surface area contributed by atoms with Crippen LogP contribution in [0.2, 0.25) is 19.6 Å². The molecule has 2 heteroatoms. The highest BCUT2D eigenvalue weighted by Gasteiger charge is 2.30. The van der Waals surface area contributed by atoms with Crippen molar-refractivity contribution in [2.45, 2.75) is 32.5 Å². The van der Waals surface area contributed by atoms with E-state index >= 15 is 0 Å². The van der Waals surface area contributed by atoms with Crippen LogP contribution in [0.25, 0.3) is 6.08 Å². The van der Waals surface area contributed by atoms with Crippen LogP contribution in [-0.2, 0) is 0 Å². The van der Waals surface area contributed by atoms with E-state index in [-0.39, 0.29) is 0 Å². The van der Waals surface area contributed by atoms with Crippen LogP contribution in [0.5, 0.6) is 0 Å². The zero-order valence-electron chi connectivity index (χ0n) is 19.9. The molecule has 0 amide bonds. The summed E-state index contributed by atoms with van der Waals surface area (Å²) >= 11 is 0. The van der Waals surface area contributed by atoms with Crippen molar-refractivity contribution in [2.24, 2.45) is 0 Å². The van der Waals surface area contributed by atoms with E-state index in [4.69, 9.17) is 0 Å². The smallest absolute Gasteiger partial charge is 0.0656 e. The third-order valence-corrected chi connectivity index (χ3v) is 11.2. The molecule has 0 saturated carbocycles. The van der Waals surface area contributed by atoms with E-state index in [1.165, 1.54) is 43.4 Å². The van der Waals surface area contributed by atoms with Crippen LogP contribution >= 0.6 is 7.92 Å². The molecule has 0 heterocycles. The normalized spacial score (nSPS) is 15.4. The van der Waals surface area contributed by atoms with Gasteiger partial charge in [0.15, 0.2) is 0 Å². The highest BCUT2D eigenvalue weighted by molar-refractivity contribution is 7.80. The largest absolute Gasteiger partial charge is 0.0776 e. The minimum absolute atomic E-state index is 0.323. The van der Waals surface area contributed by atoms with Gasteiger partial charge < -0.3 is 0 Å². The molecule has 4 aromatic rings. The number of rotatable bonds is 5. The number of fused-ring (bicyclic) bond motifs is 1. The number of allylic oxidation sites excluding steroid dienone is 1. The van der Waals surface area contributed by atoms with E-state index in [0.717, 1.165) is 0 Å². The highest BCUT2D eigenvalue weighted by Crippen LogP contribution is 2.44. The van der Waals surface area contributed by atoms with E-state index < -0.39 is 16.0 Å². The second-order valence-corrected chi connectivity index (χ2v) is 17.2.